The molecule has 7 heterocycles. The van der Waals surface area contributed by atoms with Crippen molar-refractivity contribution in [1.82, 2.24) is 44.9 Å². The van der Waals surface area contributed by atoms with Crippen molar-refractivity contribution < 1.29 is 71.2 Å². The van der Waals surface area contributed by atoms with Crippen LogP contribution in [0.4, 0.5) is 17.1 Å². The first-order chi connectivity index (χ1) is 69.9. The van der Waals surface area contributed by atoms with Gasteiger partial charge in [-0.1, -0.05) is 271 Å². The number of fused-ring (bicyclic) bond motifs is 11. The number of carbonyl (C=O) groups excluding carboxylic acids is 1. The van der Waals surface area contributed by atoms with Crippen LogP contribution in [0.25, 0.3) is 146 Å². The first-order valence-electron chi connectivity index (χ1n) is 46.9. The Morgan fingerprint density at radius 1 is 0.303 bits per heavy atom. The number of pyridine rings is 6. The number of carbonyl (C=O) groups is 1. The van der Waals surface area contributed by atoms with E-state index < -0.39 is 5.41 Å². The first kappa shape index (κ1) is 103. The standard InChI is InChI=1S/C40H25N3.C34H23N3.C15H10N.3C12H10N.C5H8O2.2Ir.Pt/c1-3-13-26(14-4-1)37-41-38(27-15-5-2-6-16-27)43-39(42-37)28-23-24-32-31-19-9-12-22-35(31)40(36(32)25-28)33-20-10-7-17-29(33)30-18-8-11-21-34(30)40;1-2-10-26(11-3-1)27-18-20-30(21-19-27)37(31-14-8-12-28(24-31)33-16-4-6-22-35-33)32-15-9-13-29(25-32)34-17-5-7-23-36-34;1-2-7-13(8-3-1)15-14-9-5-4-6-12(14)10-11-16-15;3*1-10-6-5-9-13-12(10)11-7-3-2-4-8-11;1-4(6)3-5(2)7;;;/h1-25H;1-23H;1-7,9-11H;3*2-7,9H,1H3;3,6H,1-2H3;;;/q;-2;4*-1;;;+3;+2. The third kappa shape index (κ3) is 24.6. The number of anilines is 3. The van der Waals surface area contributed by atoms with E-state index in [9.17, 15) is 4.79 Å². The van der Waals surface area contributed by atoms with E-state index in [2.05, 4.69) is 298 Å². The summed E-state index contributed by atoms with van der Waals surface area (Å²) >= 11 is 0. The van der Waals surface area contributed by atoms with Gasteiger partial charge in [0.05, 0.1) is 11.2 Å². The number of rotatable bonds is 14. The summed E-state index contributed by atoms with van der Waals surface area (Å²) in [7, 11) is 0. The van der Waals surface area contributed by atoms with Gasteiger partial charge in [0.25, 0.3) is 0 Å². The Labute approximate surface area is 889 Å². The summed E-state index contributed by atoms with van der Waals surface area (Å²) in [6, 6.07) is 171. The van der Waals surface area contributed by atoms with Gasteiger partial charge in [0.15, 0.2) is 23.3 Å². The van der Waals surface area contributed by atoms with Gasteiger partial charge in [-0.3, -0.25) is 4.79 Å². The van der Waals surface area contributed by atoms with Crippen molar-refractivity contribution in [3.8, 4) is 135 Å². The predicted molar refractivity (Wildman–Crippen MR) is 576 cm³/mol. The summed E-state index contributed by atoms with van der Waals surface area (Å²) in [5.41, 5.74) is 33.5. The Morgan fingerprint density at radius 3 is 1.04 bits per heavy atom. The van der Waals surface area contributed by atoms with Crippen LogP contribution < -0.4 is 4.90 Å². The van der Waals surface area contributed by atoms with E-state index >= 15 is 0 Å². The van der Waals surface area contributed by atoms with Crippen LogP contribution in [0.2, 0.25) is 0 Å². The van der Waals surface area contributed by atoms with Gasteiger partial charge in [-0.15, -0.1) is 203 Å². The number of allylic oxidation sites excluding steroid dienone is 2. The van der Waals surface area contributed by atoms with Crippen molar-refractivity contribution in [3.63, 3.8) is 0 Å². The fourth-order valence-electron chi connectivity index (χ4n) is 17.6. The van der Waals surface area contributed by atoms with Gasteiger partial charge < -0.3 is 39.9 Å². The molecule has 1 spiro atoms. The van der Waals surface area contributed by atoms with Gasteiger partial charge in [0.2, 0.25) is 0 Å². The van der Waals surface area contributed by atoms with Crippen molar-refractivity contribution >= 4 is 33.6 Å². The molecule has 2 aliphatic carbocycles. The molecule has 0 amide bonds. The van der Waals surface area contributed by atoms with Gasteiger partial charge in [-0.25, -0.2) is 15.0 Å². The molecule has 0 bridgehead atoms. The number of aromatic nitrogens is 9. The molecular weight excluding hydrogens is 2310 g/mol. The third-order valence-corrected chi connectivity index (χ3v) is 24.1. The van der Waals surface area contributed by atoms with Crippen molar-refractivity contribution in [2.75, 3.05) is 4.90 Å². The Balaban J connectivity index is 0.000000138. The number of hydrogen-bond donors (Lipinski definition) is 1. The predicted octanol–water partition coefficient (Wildman–Crippen LogP) is 31.1. The van der Waals surface area contributed by atoms with E-state index in [4.69, 9.17) is 20.1 Å². The summed E-state index contributed by atoms with van der Waals surface area (Å²) in [5, 5.41) is 10.7. The van der Waals surface area contributed by atoms with Crippen LogP contribution in [0.15, 0.2) is 492 Å². The fourth-order valence-corrected chi connectivity index (χ4v) is 17.6. The summed E-state index contributed by atoms with van der Waals surface area (Å²) in [5.74, 6) is 1.94. The van der Waals surface area contributed by atoms with E-state index in [-0.39, 0.29) is 72.8 Å². The molecule has 707 valence electrons. The van der Waals surface area contributed by atoms with E-state index in [1.165, 1.54) is 103 Å². The molecule has 15 heteroatoms. The Bertz CT molecular complexity index is 7640. The van der Waals surface area contributed by atoms with Crippen LogP contribution in [0, 0.1) is 57.2 Å². The van der Waals surface area contributed by atoms with Crippen LogP contribution in [-0.4, -0.2) is 55.7 Å². The monoisotopic (exact) mass is 2410 g/mol. The normalized spacial score (nSPS) is 11.1. The molecule has 24 rings (SSSR count). The van der Waals surface area contributed by atoms with Crippen LogP contribution in [0.5, 0.6) is 0 Å². The molecule has 2 aliphatic rings. The second-order valence-electron chi connectivity index (χ2n) is 33.7. The molecule has 0 aliphatic heterocycles. The fraction of sp³-hybridized carbons (Fsp3) is 0.0462. The van der Waals surface area contributed by atoms with Crippen LogP contribution in [0.1, 0.15) is 52.8 Å². The summed E-state index contributed by atoms with van der Waals surface area (Å²) in [4.78, 5) is 53.7. The maximum absolute atomic E-state index is 10.0. The molecule has 7 aromatic heterocycles. The van der Waals surface area contributed by atoms with E-state index in [0.717, 1.165) is 101 Å². The number of ketones is 1. The summed E-state index contributed by atoms with van der Waals surface area (Å²) in [6.07, 6.45) is 12.0. The van der Waals surface area contributed by atoms with Gasteiger partial charge in [0.1, 0.15) is 0 Å². The molecular formula is C130H96Ir2N10O2Pt-. The van der Waals surface area contributed by atoms with Crippen LogP contribution in [-0.2, 0) is 71.5 Å². The van der Waals surface area contributed by atoms with Gasteiger partial charge in [-0.2, -0.15) is 0 Å². The molecule has 1 radical (unpaired) electrons. The van der Waals surface area contributed by atoms with Crippen molar-refractivity contribution in [2.45, 2.75) is 40.0 Å². The Morgan fingerprint density at radius 2 is 0.648 bits per heavy atom. The zero-order chi connectivity index (χ0) is 97.2. The molecule has 0 saturated heterocycles. The smallest absolute Gasteiger partial charge is 0.512 e. The van der Waals surface area contributed by atoms with Crippen molar-refractivity contribution in [2.24, 2.45) is 0 Å². The zero-order valence-corrected chi connectivity index (χ0v) is 87.1. The van der Waals surface area contributed by atoms with Gasteiger partial charge >= 0.3 is 41.2 Å². The molecule has 0 atom stereocenters. The third-order valence-electron chi connectivity index (χ3n) is 24.1. The topological polar surface area (TPSA) is 157 Å². The molecule has 15 aromatic carbocycles. The van der Waals surface area contributed by atoms with E-state index in [1.54, 1.807) is 12.4 Å². The molecule has 0 unspecified atom stereocenters. The molecule has 0 saturated carbocycles. The number of nitrogens with zero attached hydrogens (tertiary/aromatic N) is 10. The summed E-state index contributed by atoms with van der Waals surface area (Å²) in [6.45, 7) is 9.02. The van der Waals surface area contributed by atoms with Crippen molar-refractivity contribution in [3.05, 3.63) is 567 Å². The van der Waals surface area contributed by atoms with E-state index in [1.807, 2.05) is 261 Å². The van der Waals surface area contributed by atoms with E-state index in [0.29, 0.717) is 17.5 Å². The second kappa shape index (κ2) is 50.2. The number of benzene rings is 15. The molecule has 145 heavy (non-hydrogen) atoms. The molecule has 22 aromatic rings. The number of aryl methyl sites for hydroxylation is 3. The zero-order valence-electron chi connectivity index (χ0n) is 80.0. The van der Waals surface area contributed by atoms with Gasteiger partial charge in [0, 0.05) is 85.7 Å². The van der Waals surface area contributed by atoms with Gasteiger partial charge in [-0.05, 0) is 201 Å². The molecule has 0 fully saturated rings. The SMILES string of the molecule is CC(=O)C=C(C)O.Cc1cccnc1-c1[c-]cccc1.Cc1cccnc1-c1[c-]cccc1.Cc1cccnc1-c1[c-]cccc1.[Ir+3].[Ir].[Pt+2].[c-]1c(-c2ccccn2)cccc1N(c1[c-]c(-c2ccccn2)ccc1)c1ccc(-c2ccccc2)cc1.[c-]1ccccc1-c1nccc2ccccc12.c1ccc(-c2nc(-c3ccccc3)nc(-c3ccc4c(c3)C3(c5ccccc5-c5ccccc53)c3ccccc3-4)n2)cc1. The minimum atomic E-state index is -0.410. The Kier molecular flexibility index (Phi) is 35.6. The minimum absolute atomic E-state index is 0. The quantitative estimate of drug-likeness (QED) is 0.0625. The maximum atomic E-state index is 10.0. The number of aliphatic hydroxyl groups excluding tert-OH is 1. The van der Waals surface area contributed by atoms with Crippen molar-refractivity contribution in [1.29, 1.82) is 0 Å². The van der Waals surface area contributed by atoms with Crippen LogP contribution >= 0.6 is 0 Å². The average molecular weight is 2410 g/mol. The first-order valence-corrected chi connectivity index (χ1v) is 46.9. The van der Waals surface area contributed by atoms with Crippen LogP contribution in [0.3, 0.4) is 0 Å². The Hall–Kier alpha value is -16.5. The number of hydrogen-bond acceptors (Lipinski definition) is 12. The number of aliphatic hydroxyl groups is 1. The largest absolute Gasteiger partial charge is 3.00 e. The average Bonchev–Trinajstić information content (AvgIpc) is 1.51. The minimum Gasteiger partial charge on any atom is -0.512 e. The summed E-state index contributed by atoms with van der Waals surface area (Å²) < 4.78 is 0. The molecule has 1 N–H and O–H groups in total. The second-order valence-corrected chi connectivity index (χ2v) is 33.7. The molecule has 12 nitrogen and oxygen atoms in total. The maximum Gasteiger partial charge on any atom is 3.00 e.